The van der Waals surface area contributed by atoms with Gasteiger partial charge in [0, 0.05) is 73.2 Å². The fraction of sp³-hybridized carbons (Fsp3) is 0.472. The first kappa shape index (κ1) is 31.9. The molecule has 0 radical (unpaired) electrons. The molecule has 2 aromatic heterocycles. The number of morpholine rings is 1. The third kappa shape index (κ3) is 6.69. The lowest BCUT2D eigenvalue weighted by Gasteiger charge is -2.43. The third-order valence-corrected chi connectivity index (χ3v) is 10.5. The van der Waals surface area contributed by atoms with E-state index in [0.717, 1.165) is 87.5 Å². The predicted octanol–water partition coefficient (Wildman–Crippen LogP) is 5.37. The predicted molar refractivity (Wildman–Crippen MR) is 185 cm³/mol. The van der Waals surface area contributed by atoms with Crippen LogP contribution in [0.5, 0.6) is 0 Å². The highest BCUT2D eigenvalue weighted by Crippen LogP contribution is 2.38. The van der Waals surface area contributed by atoms with E-state index >= 15 is 0 Å². The van der Waals surface area contributed by atoms with Crippen molar-refractivity contribution >= 4 is 40.5 Å². The van der Waals surface area contributed by atoms with E-state index in [9.17, 15) is 9.90 Å². The third-order valence-electron chi connectivity index (χ3n) is 10.3. The number of anilines is 3. The maximum absolute atomic E-state index is 13.3. The van der Waals surface area contributed by atoms with E-state index in [1.165, 1.54) is 0 Å². The summed E-state index contributed by atoms with van der Waals surface area (Å²) in [6.45, 7) is 9.45. The lowest BCUT2D eigenvalue weighted by Crippen LogP contribution is -2.53. The van der Waals surface area contributed by atoms with Crippen molar-refractivity contribution < 1.29 is 14.6 Å². The molecule has 2 atom stereocenters. The first-order chi connectivity index (χ1) is 22.8. The van der Waals surface area contributed by atoms with Gasteiger partial charge >= 0.3 is 0 Å². The second kappa shape index (κ2) is 13.4. The largest absolute Gasteiger partial charge is 0.395 e. The average molecular weight is 658 g/mol. The Labute approximate surface area is 281 Å². The van der Waals surface area contributed by atoms with Crippen LogP contribution in [0.25, 0.3) is 5.65 Å². The Morgan fingerprint density at radius 2 is 1.66 bits per heavy atom. The number of nitrogens with zero attached hydrogens (tertiary/aromatic N) is 6. The van der Waals surface area contributed by atoms with Gasteiger partial charge in [0.25, 0.3) is 5.91 Å². The van der Waals surface area contributed by atoms with E-state index < -0.39 is 0 Å². The van der Waals surface area contributed by atoms with Crippen molar-refractivity contribution in [1.29, 1.82) is 0 Å². The van der Waals surface area contributed by atoms with Crippen molar-refractivity contribution in [3.8, 4) is 0 Å². The maximum Gasteiger partial charge on any atom is 0.253 e. The zero-order valence-corrected chi connectivity index (χ0v) is 27.9. The average Bonchev–Trinajstić information content (AvgIpc) is 3.51. The number of hydrogen-bond donors (Lipinski definition) is 2. The van der Waals surface area contributed by atoms with Crippen LogP contribution in [0, 0.1) is 0 Å². The minimum atomic E-state index is -0.281. The van der Waals surface area contributed by atoms with E-state index in [0.29, 0.717) is 22.6 Å². The first-order valence-electron chi connectivity index (χ1n) is 16.8. The molecule has 248 valence electrons. The molecule has 4 aromatic rings. The topological polar surface area (TPSA) is 98.5 Å². The lowest BCUT2D eigenvalue weighted by molar-refractivity contribution is -0.0856. The van der Waals surface area contributed by atoms with Crippen LogP contribution in [0.1, 0.15) is 55.5 Å². The molecule has 0 spiro atoms. The normalized spacial score (nSPS) is 22.5. The maximum atomic E-state index is 13.3. The van der Waals surface area contributed by atoms with Crippen LogP contribution >= 0.6 is 11.6 Å². The van der Waals surface area contributed by atoms with Gasteiger partial charge in [0.05, 0.1) is 24.5 Å². The van der Waals surface area contributed by atoms with Crippen LogP contribution < -0.4 is 10.2 Å². The van der Waals surface area contributed by atoms with Crippen LogP contribution in [-0.4, -0.2) is 99.5 Å². The number of fused-ring (bicyclic) bond motifs is 1. The Morgan fingerprint density at radius 1 is 0.979 bits per heavy atom. The molecule has 3 fully saturated rings. The summed E-state index contributed by atoms with van der Waals surface area (Å²) in [4.78, 5) is 25.0. The van der Waals surface area contributed by atoms with Gasteiger partial charge in [-0.3, -0.25) is 9.69 Å². The zero-order valence-electron chi connectivity index (χ0n) is 27.2. The molecular weight excluding hydrogens is 614 g/mol. The Morgan fingerprint density at radius 3 is 2.32 bits per heavy atom. The zero-order chi connectivity index (χ0) is 32.5. The van der Waals surface area contributed by atoms with Gasteiger partial charge in [0.15, 0.2) is 5.65 Å². The number of carbonyl (C=O) groups is 1. The van der Waals surface area contributed by atoms with Gasteiger partial charge in [0.2, 0.25) is 5.95 Å². The molecule has 5 heterocycles. The quantitative estimate of drug-likeness (QED) is 0.274. The molecule has 2 aromatic carbocycles. The number of nitrogens with one attached hydrogen (secondary N) is 1. The minimum absolute atomic E-state index is 0.0806. The summed E-state index contributed by atoms with van der Waals surface area (Å²) in [5, 5.41) is 19.1. The lowest BCUT2D eigenvalue weighted by atomic mass is 9.73. The Kier molecular flexibility index (Phi) is 9.11. The first-order valence-corrected chi connectivity index (χ1v) is 17.2. The van der Waals surface area contributed by atoms with Crippen LogP contribution in [0.3, 0.4) is 0 Å². The number of rotatable bonds is 7. The van der Waals surface area contributed by atoms with Crippen LogP contribution in [0.2, 0.25) is 5.02 Å². The fourth-order valence-electron chi connectivity index (χ4n) is 7.67. The molecule has 10 nitrogen and oxygen atoms in total. The van der Waals surface area contributed by atoms with E-state index in [2.05, 4.69) is 40.1 Å². The van der Waals surface area contributed by atoms with Crippen molar-refractivity contribution in [2.75, 3.05) is 56.1 Å². The highest BCUT2D eigenvalue weighted by Gasteiger charge is 2.36. The molecule has 0 saturated carbocycles. The summed E-state index contributed by atoms with van der Waals surface area (Å²) in [6.07, 6.45) is 6.04. The van der Waals surface area contributed by atoms with Gasteiger partial charge in [-0.1, -0.05) is 23.7 Å². The van der Waals surface area contributed by atoms with Crippen LogP contribution in [0.4, 0.5) is 17.3 Å². The molecule has 3 aliphatic heterocycles. The molecule has 7 rings (SSSR count). The number of aromatic nitrogens is 3. The number of aliphatic hydroxyl groups is 1. The molecule has 0 aliphatic carbocycles. The van der Waals surface area contributed by atoms with Gasteiger partial charge in [-0.25, -0.2) is 4.52 Å². The summed E-state index contributed by atoms with van der Waals surface area (Å²) >= 11 is 6.12. The smallest absolute Gasteiger partial charge is 0.253 e. The molecule has 3 saturated heterocycles. The number of carbonyl (C=O) groups excluding carboxylic acids is 1. The van der Waals surface area contributed by atoms with Gasteiger partial charge < -0.3 is 25.0 Å². The van der Waals surface area contributed by atoms with Crippen LogP contribution in [-0.2, 0) is 10.2 Å². The monoisotopic (exact) mass is 657 g/mol. The van der Waals surface area contributed by atoms with E-state index in [1.54, 1.807) is 4.52 Å². The number of piperidine rings is 2. The molecule has 47 heavy (non-hydrogen) atoms. The standard InChI is InChI=1S/C36H44ClN7O3/c1-25-22-43(23-26(2)47-25)31-13-18-42(19-14-31)34(46)27-5-11-30(12-6-27)38-35-39-33-32(4-3-17-44(33)40-35)41-20-15-36(24-45,16-21-41)28-7-9-29(37)10-8-28/h3-12,17,25-26,31,45H,13-16,18-24H2,1-2H3,(H,38,40)/t25-,26-/m0/s1. The summed E-state index contributed by atoms with van der Waals surface area (Å²) in [7, 11) is 0. The number of halogens is 1. The summed E-state index contributed by atoms with van der Waals surface area (Å²) in [5.41, 5.74) is 4.14. The van der Waals surface area contributed by atoms with Crippen molar-refractivity contribution in [2.24, 2.45) is 0 Å². The number of likely N-dealkylation sites (tertiary alicyclic amines) is 1. The summed E-state index contributed by atoms with van der Waals surface area (Å²) < 4.78 is 7.71. The van der Waals surface area contributed by atoms with E-state index in [4.69, 9.17) is 21.3 Å². The molecular formula is C36H44ClN7O3. The van der Waals surface area contributed by atoms with Gasteiger partial charge in [0.1, 0.15) is 0 Å². The Bertz CT molecular complexity index is 1670. The number of ether oxygens (including phenoxy) is 1. The number of benzene rings is 2. The number of hydrogen-bond acceptors (Lipinski definition) is 8. The van der Waals surface area contributed by atoms with Crippen molar-refractivity contribution in [1.82, 2.24) is 24.4 Å². The molecule has 2 N–H and O–H groups in total. The van der Waals surface area contributed by atoms with Gasteiger partial charge in [-0.15, -0.1) is 5.10 Å². The SMILES string of the molecule is C[C@H]1CN(C2CCN(C(=O)c3ccc(Nc4nc5c(N6CCC(CO)(c7ccc(Cl)cc7)CC6)cccn5n4)cc3)CC2)C[C@H](C)O1. The number of aliphatic hydroxyl groups excluding tert-OH is 1. The summed E-state index contributed by atoms with van der Waals surface area (Å²) in [6, 6.07) is 20.0. The number of pyridine rings is 1. The Hall–Kier alpha value is -3.70. The van der Waals surface area contributed by atoms with Crippen molar-refractivity contribution in [3.05, 3.63) is 83.0 Å². The van der Waals surface area contributed by atoms with Gasteiger partial charge in [-0.05, 0) is 93.6 Å². The molecule has 1 amide bonds. The molecule has 0 bridgehead atoms. The van der Waals surface area contributed by atoms with E-state index in [1.807, 2.05) is 65.7 Å². The highest BCUT2D eigenvalue weighted by atomic mass is 35.5. The second-order valence-electron chi connectivity index (χ2n) is 13.5. The summed E-state index contributed by atoms with van der Waals surface area (Å²) in [5.74, 6) is 0.574. The van der Waals surface area contributed by atoms with Gasteiger partial charge in [-0.2, -0.15) is 4.98 Å². The molecule has 0 unspecified atom stereocenters. The fourth-order valence-corrected chi connectivity index (χ4v) is 7.79. The minimum Gasteiger partial charge on any atom is -0.395 e. The molecule has 11 heteroatoms. The number of amides is 1. The molecule has 3 aliphatic rings. The van der Waals surface area contributed by atoms with Crippen molar-refractivity contribution in [2.45, 2.75) is 63.2 Å². The Balaban J connectivity index is 0.971. The van der Waals surface area contributed by atoms with E-state index in [-0.39, 0.29) is 30.1 Å². The highest BCUT2D eigenvalue weighted by molar-refractivity contribution is 6.30. The second-order valence-corrected chi connectivity index (χ2v) is 13.9. The van der Waals surface area contributed by atoms with Crippen molar-refractivity contribution in [3.63, 3.8) is 0 Å². The van der Waals surface area contributed by atoms with Crippen LogP contribution in [0.15, 0.2) is 66.9 Å².